The summed E-state index contributed by atoms with van der Waals surface area (Å²) in [6, 6.07) is 11.0. The van der Waals surface area contributed by atoms with Crippen LogP contribution < -0.4 is 38.1 Å². The number of nitrogens with zero attached hydrogens (tertiary/aromatic N) is 4. The van der Waals surface area contributed by atoms with Crippen LogP contribution in [-0.4, -0.2) is 105 Å². The highest BCUT2D eigenvalue weighted by molar-refractivity contribution is 14.1. The Morgan fingerprint density at radius 3 is 2.32 bits per heavy atom. The van der Waals surface area contributed by atoms with Crippen LogP contribution in [-0.2, 0) is 43.5 Å². The predicted molar refractivity (Wildman–Crippen MR) is 282 cm³/mol. The zero-order valence-corrected chi connectivity index (χ0v) is 43.3. The molecule has 0 unspecified atom stereocenters. The average Bonchev–Trinajstić information content (AvgIpc) is 3.51. The van der Waals surface area contributed by atoms with Crippen molar-refractivity contribution in [3.05, 3.63) is 88.2 Å². The third kappa shape index (κ3) is 17.1. The van der Waals surface area contributed by atoms with Gasteiger partial charge in [0.15, 0.2) is 0 Å². The van der Waals surface area contributed by atoms with E-state index in [4.69, 9.17) is 16.2 Å². The number of benzene rings is 2. The van der Waals surface area contributed by atoms with E-state index >= 15 is 0 Å². The molecule has 2 atom stereocenters. The first-order valence-corrected chi connectivity index (χ1v) is 25.9. The molecule has 0 fully saturated rings. The predicted octanol–water partition coefficient (Wildman–Crippen LogP) is 6.46. The fraction of sp³-hybridized carbons (Fsp3) is 0.471. The molecule has 8 amide bonds. The number of ether oxygens (including phenoxy) is 1. The van der Waals surface area contributed by atoms with E-state index in [0.29, 0.717) is 84.6 Å². The molecule has 0 saturated carbocycles. The van der Waals surface area contributed by atoms with Gasteiger partial charge < -0.3 is 52.6 Å². The quantitative estimate of drug-likeness (QED) is 0.0292. The van der Waals surface area contributed by atoms with E-state index in [1.165, 1.54) is 0 Å². The third-order valence-corrected chi connectivity index (χ3v) is 12.6. The van der Waals surface area contributed by atoms with E-state index in [1.54, 1.807) is 65.7 Å². The minimum atomic E-state index is -0.995. The molecule has 2 aliphatic heterocycles. The number of primary amides is 1. The number of hydrogen-bond acceptors (Lipinski definition) is 11. The summed E-state index contributed by atoms with van der Waals surface area (Å²) in [5.74, 6) is -1.66. The number of alkyl halides is 1. The third-order valence-electron chi connectivity index (χ3n) is 11.9. The lowest BCUT2D eigenvalue weighted by molar-refractivity contribution is -0.132. The van der Waals surface area contributed by atoms with Crippen LogP contribution in [0.2, 0.25) is 0 Å². The zero-order chi connectivity index (χ0) is 51.5. The SMILES string of the molecule is CCCN(CCC)C(=O)C1=Cc2ccc(C(=O)Nc3cnc4c(c3)CN(C(=O)OCc3ccc(NC(=O)[C@H](CCCNC(N)=O)NC(=O)[C@@H](NC(=O)CCCCCI)C(C)C)cc3)CC4)cc2N=C(N)C1. The van der Waals surface area contributed by atoms with E-state index in [9.17, 15) is 33.6 Å². The Hall–Kier alpha value is -6.58. The molecule has 2 aliphatic rings. The molecular weight excluding hydrogens is 1020 g/mol. The lowest BCUT2D eigenvalue weighted by Crippen LogP contribution is -2.54. The number of amidine groups is 1. The average molecular weight is 1090 g/mol. The van der Waals surface area contributed by atoms with Crippen molar-refractivity contribution in [3.63, 3.8) is 0 Å². The first-order chi connectivity index (χ1) is 34.1. The summed E-state index contributed by atoms with van der Waals surface area (Å²) >= 11 is 2.30. The van der Waals surface area contributed by atoms with Gasteiger partial charge >= 0.3 is 12.1 Å². The van der Waals surface area contributed by atoms with E-state index < -0.39 is 41.9 Å². The highest BCUT2D eigenvalue weighted by Crippen LogP contribution is 2.29. The number of carbonyl (C=O) groups excluding carboxylic acids is 7. The van der Waals surface area contributed by atoms with Gasteiger partial charge in [-0.25, -0.2) is 14.6 Å². The number of halogens is 1. The number of unbranched alkanes of at least 4 members (excludes halogenated alkanes) is 2. The number of carbonyl (C=O) groups is 7. The van der Waals surface area contributed by atoms with Crippen LogP contribution in [0.4, 0.5) is 26.7 Å². The molecular formula is C51H68IN11O8. The second-order valence-corrected chi connectivity index (χ2v) is 19.1. The first-order valence-electron chi connectivity index (χ1n) is 24.4. The summed E-state index contributed by atoms with van der Waals surface area (Å²) in [4.78, 5) is 104. The maximum atomic E-state index is 13.6. The number of fused-ring (bicyclic) bond motifs is 2. The molecule has 0 radical (unpaired) electrons. The standard InChI is InChI=1S/C51H68IN11O8/c1-5-22-62(23-6-2)49(68)36-25-34-15-16-35(27-42(34)59-43(53)28-36)46(65)58-39-26-37-30-63(24-19-40(37)56-29-39)51(70)71-31-33-13-17-38(18-14-33)57-47(66)41(11-10-21-55-50(54)69)60-48(67)45(32(3)4)61-44(64)12-8-7-9-20-52/h13-18,25-27,29,32,41,45H,5-12,19-24,28,30-31H2,1-4H3,(H2,53,59)(H,57,66)(H,58,65)(H,60,67)(H,61,64)(H3,54,55,69)/t41-,45-/m0/s1. The lowest BCUT2D eigenvalue weighted by Gasteiger charge is -2.28. The Balaban J connectivity index is 1.15. The molecule has 5 rings (SSSR count). The fourth-order valence-corrected chi connectivity index (χ4v) is 8.66. The van der Waals surface area contributed by atoms with Crippen LogP contribution in [0.3, 0.4) is 0 Å². The first kappa shape index (κ1) is 55.3. The van der Waals surface area contributed by atoms with Gasteiger partial charge in [-0.3, -0.25) is 29.0 Å². The molecule has 0 aliphatic carbocycles. The van der Waals surface area contributed by atoms with Crippen molar-refractivity contribution in [2.45, 2.75) is 117 Å². The molecule has 2 aromatic carbocycles. The van der Waals surface area contributed by atoms with E-state index in [0.717, 1.165) is 41.4 Å². The molecule has 3 heterocycles. The van der Waals surface area contributed by atoms with Gasteiger partial charge in [0, 0.05) is 73.5 Å². The Labute approximate surface area is 429 Å². The maximum Gasteiger partial charge on any atom is 0.410 e. The van der Waals surface area contributed by atoms with Gasteiger partial charge in [0.25, 0.3) is 5.91 Å². The molecule has 0 saturated heterocycles. The fourth-order valence-electron chi connectivity index (χ4n) is 8.12. The smallest absolute Gasteiger partial charge is 0.410 e. The number of hydrogen-bond donors (Lipinski definition) is 7. The Morgan fingerprint density at radius 2 is 1.63 bits per heavy atom. The summed E-state index contributed by atoms with van der Waals surface area (Å²) in [6.07, 6.45) is 8.67. The van der Waals surface area contributed by atoms with Crippen molar-refractivity contribution in [2.24, 2.45) is 22.4 Å². The van der Waals surface area contributed by atoms with Gasteiger partial charge in [-0.1, -0.05) is 74.9 Å². The molecule has 3 aromatic rings. The summed E-state index contributed by atoms with van der Waals surface area (Å²) in [5.41, 5.74) is 16.6. The summed E-state index contributed by atoms with van der Waals surface area (Å²) in [6.45, 7) is 9.73. The second kappa shape index (κ2) is 27.7. The van der Waals surface area contributed by atoms with E-state index in [1.807, 2.05) is 32.6 Å². The number of nitrogens with two attached hydrogens (primary N) is 2. The van der Waals surface area contributed by atoms with Crippen LogP contribution in [0, 0.1) is 5.92 Å². The molecule has 0 spiro atoms. The minimum Gasteiger partial charge on any atom is -0.445 e. The zero-order valence-electron chi connectivity index (χ0n) is 41.1. The summed E-state index contributed by atoms with van der Waals surface area (Å²) in [7, 11) is 0. The van der Waals surface area contributed by atoms with Gasteiger partial charge in [0.1, 0.15) is 24.5 Å². The van der Waals surface area contributed by atoms with Crippen molar-refractivity contribution in [1.82, 2.24) is 30.7 Å². The number of aliphatic imine (C=N–C) groups is 1. The Morgan fingerprint density at radius 1 is 0.887 bits per heavy atom. The Bertz CT molecular complexity index is 2440. The van der Waals surface area contributed by atoms with Crippen LogP contribution in [0.5, 0.6) is 0 Å². The molecule has 0 bridgehead atoms. The van der Waals surface area contributed by atoms with Crippen LogP contribution in [0.1, 0.15) is 118 Å². The molecule has 71 heavy (non-hydrogen) atoms. The number of pyridine rings is 1. The molecule has 9 N–H and O–H groups in total. The normalized spacial score (nSPS) is 13.7. The van der Waals surface area contributed by atoms with Gasteiger partial charge in [-0.15, -0.1) is 0 Å². The van der Waals surface area contributed by atoms with Gasteiger partial charge in [0.2, 0.25) is 23.6 Å². The summed E-state index contributed by atoms with van der Waals surface area (Å²) in [5, 5.41) is 13.8. The van der Waals surface area contributed by atoms with E-state index in [2.05, 4.69) is 59.2 Å². The number of nitrogens with one attached hydrogen (secondary N) is 5. The highest BCUT2D eigenvalue weighted by atomic mass is 127. The van der Waals surface area contributed by atoms with Crippen molar-refractivity contribution in [1.29, 1.82) is 0 Å². The van der Waals surface area contributed by atoms with Gasteiger partial charge in [-0.2, -0.15) is 0 Å². The van der Waals surface area contributed by atoms with Crippen molar-refractivity contribution in [2.75, 3.05) is 41.2 Å². The molecule has 1 aromatic heterocycles. The Kier molecular flexibility index (Phi) is 21.6. The van der Waals surface area contributed by atoms with Gasteiger partial charge in [0.05, 0.1) is 24.1 Å². The molecule has 382 valence electrons. The van der Waals surface area contributed by atoms with Crippen LogP contribution in [0.25, 0.3) is 6.08 Å². The van der Waals surface area contributed by atoms with E-state index in [-0.39, 0.29) is 56.1 Å². The second-order valence-electron chi connectivity index (χ2n) is 18.0. The highest BCUT2D eigenvalue weighted by Gasteiger charge is 2.29. The van der Waals surface area contributed by atoms with Crippen molar-refractivity contribution < 1.29 is 38.3 Å². The largest absolute Gasteiger partial charge is 0.445 e. The van der Waals surface area contributed by atoms with Crippen molar-refractivity contribution >= 4 is 93.2 Å². The molecule has 20 heteroatoms. The minimum absolute atomic E-state index is 0.0447. The van der Waals surface area contributed by atoms with Crippen LogP contribution in [0.15, 0.2) is 65.3 Å². The van der Waals surface area contributed by atoms with Crippen molar-refractivity contribution in [3.8, 4) is 0 Å². The van der Waals surface area contributed by atoms with Gasteiger partial charge in [-0.05, 0) is 96.4 Å². The number of rotatable bonds is 24. The topological polar surface area (TPSA) is 273 Å². The maximum absolute atomic E-state index is 13.6. The summed E-state index contributed by atoms with van der Waals surface area (Å²) < 4.78 is 6.68. The monoisotopic (exact) mass is 1090 g/mol. The number of amides is 8. The number of aromatic nitrogens is 1. The lowest BCUT2D eigenvalue weighted by atomic mass is 10.0. The molecule has 19 nitrogen and oxygen atoms in total. The number of urea groups is 1. The van der Waals surface area contributed by atoms with Crippen LogP contribution >= 0.6 is 22.6 Å². The number of anilines is 2.